The maximum absolute atomic E-state index is 5.87. The Morgan fingerprint density at radius 1 is 1.06 bits per heavy atom. The monoisotopic (exact) mass is 216 g/mol. The van der Waals surface area contributed by atoms with E-state index in [9.17, 15) is 0 Å². The van der Waals surface area contributed by atoms with Crippen LogP contribution in [0.3, 0.4) is 0 Å². The van der Waals surface area contributed by atoms with E-state index >= 15 is 0 Å². The van der Waals surface area contributed by atoms with Crippen molar-refractivity contribution in [1.82, 2.24) is 0 Å². The summed E-state index contributed by atoms with van der Waals surface area (Å²) in [5, 5.41) is 0. The fraction of sp³-hybridized carbons (Fsp3) is 0.167. The minimum absolute atomic E-state index is 0.576. The maximum Gasteiger partial charge on any atom is 0.0872 e. The molecule has 0 bridgehead atoms. The molecular formula is C12H16N4. The summed E-state index contributed by atoms with van der Waals surface area (Å²) < 4.78 is 0. The Morgan fingerprint density at radius 3 is 2.44 bits per heavy atom. The predicted octanol–water partition coefficient (Wildman–Crippen LogP) is 0.808. The molecule has 0 atom stereocenters. The van der Waals surface area contributed by atoms with Crippen molar-refractivity contribution < 1.29 is 0 Å². The van der Waals surface area contributed by atoms with Gasteiger partial charge in [-0.2, -0.15) is 0 Å². The fourth-order valence-electron chi connectivity index (χ4n) is 1.76. The van der Waals surface area contributed by atoms with Gasteiger partial charge in [-0.1, -0.05) is 24.3 Å². The molecule has 1 aromatic rings. The Bertz CT molecular complexity index is 472. The predicted molar refractivity (Wildman–Crippen MR) is 68.1 cm³/mol. The van der Waals surface area contributed by atoms with Gasteiger partial charge in [-0.05, 0) is 23.3 Å². The fourth-order valence-corrected chi connectivity index (χ4v) is 1.76. The summed E-state index contributed by atoms with van der Waals surface area (Å²) in [4.78, 5) is 0. The third-order valence-corrected chi connectivity index (χ3v) is 2.66. The number of allylic oxidation sites excluding steroid dienone is 2. The number of benzene rings is 1. The number of hydrogen-bond acceptors (Lipinski definition) is 4. The van der Waals surface area contributed by atoms with E-state index < -0.39 is 5.66 Å². The van der Waals surface area contributed by atoms with Crippen LogP contribution in [0.5, 0.6) is 0 Å². The van der Waals surface area contributed by atoms with Crippen LogP contribution in [0.15, 0.2) is 36.4 Å². The molecule has 8 N–H and O–H groups in total. The molecule has 0 fully saturated rings. The molecule has 0 aliphatic heterocycles. The van der Waals surface area contributed by atoms with Crippen molar-refractivity contribution >= 4 is 16.9 Å². The summed E-state index contributed by atoms with van der Waals surface area (Å²) in [7, 11) is 0. The van der Waals surface area contributed by atoms with Gasteiger partial charge in [0.05, 0.1) is 17.0 Å². The molecule has 0 heterocycles. The van der Waals surface area contributed by atoms with Crippen molar-refractivity contribution in [3.8, 4) is 0 Å². The number of hydrogen-bond donors (Lipinski definition) is 4. The first kappa shape index (κ1) is 10.7. The van der Waals surface area contributed by atoms with Gasteiger partial charge >= 0.3 is 0 Å². The molecule has 0 unspecified atom stereocenters. The molecule has 4 heteroatoms. The summed E-state index contributed by atoms with van der Waals surface area (Å²) >= 11 is 0. The van der Waals surface area contributed by atoms with E-state index in [2.05, 4.69) is 0 Å². The molecule has 84 valence electrons. The van der Waals surface area contributed by atoms with E-state index in [4.69, 9.17) is 22.9 Å². The van der Waals surface area contributed by atoms with Crippen LogP contribution in [0.2, 0.25) is 0 Å². The Balaban J connectivity index is 2.35. The van der Waals surface area contributed by atoms with Crippen molar-refractivity contribution in [3.63, 3.8) is 0 Å². The molecule has 0 aromatic heterocycles. The first-order valence-corrected chi connectivity index (χ1v) is 5.09. The SMILES string of the molecule is Nc1ccc(C2=CC=CC(N)(N)C2)cc1N. The van der Waals surface area contributed by atoms with Crippen molar-refractivity contribution in [1.29, 1.82) is 0 Å². The highest BCUT2D eigenvalue weighted by molar-refractivity contribution is 5.76. The highest BCUT2D eigenvalue weighted by Crippen LogP contribution is 2.28. The Kier molecular flexibility index (Phi) is 2.46. The smallest absolute Gasteiger partial charge is 0.0872 e. The van der Waals surface area contributed by atoms with Crippen molar-refractivity contribution in [2.45, 2.75) is 12.1 Å². The lowest BCUT2D eigenvalue weighted by Crippen LogP contribution is -2.48. The average Bonchev–Trinajstić information content (AvgIpc) is 2.20. The van der Waals surface area contributed by atoms with Gasteiger partial charge in [0, 0.05) is 6.42 Å². The maximum atomic E-state index is 5.87. The number of nitrogens with two attached hydrogens (primary N) is 4. The van der Waals surface area contributed by atoms with Crippen LogP contribution >= 0.6 is 0 Å². The first-order chi connectivity index (χ1) is 7.48. The minimum atomic E-state index is -0.778. The molecule has 1 aliphatic rings. The topological polar surface area (TPSA) is 104 Å². The normalized spacial score (nSPS) is 18.2. The van der Waals surface area contributed by atoms with Crippen molar-refractivity contribution in [3.05, 3.63) is 42.0 Å². The van der Waals surface area contributed by atoms with E-state index in [0.717, 1.165) is 11.1 Å². The summed E-state index contributed by atoms with van der Waals surface area (Å²) in [6.07, 6.45) is 6.23. The van der Waals surface area contributed by atoms with Gasteiger partial charge < -0.3 is 22.9 Å². The van der Waals surface area contributed by atoms with E-state index in [1.165, 1.54) is 0 Å². The standard InChI is InChI=1S/C12H16N4/c13-10-4-3-8(6-11(10)14)9-2-1-5-12(15,16)7-9/h1-6H,7,13-16H2. The summed E-state index contributed by atoms with van der Waals surface area (Å²) in [6.45, 7) is 0. The molecule has 2 rings (SSSR count). The molecule has 0 saturated heterocycles. The Hall–Kier alpha value is -1.78. The largest absolute Gasteiger partial charge is 0.397 e. The molecule has 0 radical (unpaired) electrons. The molecule has 16 heavy (non-hydrogen) atoms. The van der Waals surface area contributed by atoms with Gasteiger partial charge in [-0.3, -0.25) is 0 Å². The van der Waals surface area contributed by atoms with Crippen LogP contribution in [-0.2, 0) is 0 Å². The molecule has 1 aliphatic carbocycles. The number of anilines is 2. The van der Waals surface area contributed by atoms with Gasteiger partial charge in [0.25, 0.3) is 0 Å². The lowest BCUT2D eigenvalue weighted by atomic mass is 9.91. The van der Waals surface area contributed by atoms with Crippen LogP contribution in [-0.4, -0.2) is 5.66 Å². The second-order valence-corrected chi connectivity index (χ2v) is 4.18. The van der Waals surface area contributed by atoms with E-state index in [1.807, 2.05) is 24.3 Å². The van der Waals surface area contributed by atoms with Crippen LogP contribution in [0.4, 0.5) is 11.4 Å². The number of rotatable bonds is 1. The van der Waals surface area contributed by atoms with Crippen LogP contribution < -0.4 is 22.9 Å². The van der Waals surface area contributed by atoms with Crippen LogP contribution in [0.1, 0.15) is 12.0 Å². The average molecular weight is 216 g/mol. The molecule has 0 spiro atoms. The molecule has 4 nitrogen and oxygen atoms in total. The van der Waals surface area contributed by atoms with Gasteiger partial charge in [-0.15, -0.1) is 0 Å². The molecular weight excluding hydrogens is 200 g/mol. The van der Waals surface area contributed by atoms with Crippen LogP contribution in [0.25, 0.3) is 5.57 Å². The Labute approximate surface area is 94.6 Å². The van der Waals surface area contributed by atoms with Crippen LogP contribution in [0, 0.1) is 0 Å². The van der Waals surface area contributed by atoms with Gasteiger partial charge in [-0.25, -0.2) is 0 Å². The molecule has 0 saturated carbocycles. The lowest BCUT2D eigenvalue weighted by Gasteiger charge is -2.25. The lowest BCUT2D eigenvalue weighted by molar-refractivity contribution is 0.565. The Morgan fingerprint density at radius 2 is 1.81 bits per heavy atom. The second kappa shape index (κ2) is 3.66. The minimum Gasteiger partial charge on any atom is -0.397 e. The quantitative estimate of drug-likeness (QED) is 0.412. The third-order valence-electron chi connectivity index (χ3n) is 2.66. The van der Waals surface area contributed by atoms with Gasteiger partial charge in [0.15, 0.2) is 0 Å². The molecule has 0 amide bonds. The van der Waals surface area contributed by atoms with Crippen molar-refractivity contribution in [2.75, 3.05) is 11.5 Å². The summed E-state index contributed by atoms with van der Waals surface area (Å²) in [5.41, 5.74) is 25.6. The zero-order valence-corrected chi connectivity index (χ0v) is 8.98. The van der Waals surface area contributed by atoms with Gasteiger partial charge in [0.1, 0.15) is 0 Å². The zero-order valence-electron chi connectivity index (χ0n) is 8.98. The highest BCUT2D eigenvalue weighted by Gasteiger charge is 2.20. The molecule has 1 aromatic carbocycles. The summed E-state index contributed by atoms with van der Waals surface area (Å²) in [5.74, 6) is 0. The second-order valence-electron chi connectivity index (χ2n) is 4.18. The third kappa shape index (κ3) is 2.08. The van der Waals surface area contributed by atoms with Crippen molar-refractivity contribution in [2.24, 2.45) is 11.5 Å². The zero-order chi connectivity index (χ0) is 11.8. The first-order valence-electron chi connectivity index (χ1n) is 5.09. The van der Waals surface area contributed by atoms with Gasteiger partial charge in [0.2, 0.25) is 0 Å². The van der Waals surface area contributed by atoms with E-state index in [-0.39, 0.29) is 0 Å². The highest BCUT2D eigenvalue weighted by atomic mass is 14.9. The van der Waals surface area contributed by atoms with E-state index in [0.29, 0.717) is 17.8 Å². The van der Waals surface area contributed by atoms with E-state index in [1.54, 1.807) is 12.1 Å². The summed E-state index contributed by atoms with van der Waals surface area (Å²) in [6, 6.07) is 5.56. The number of nitrogen functional groups attached to an aromatic ring is 2.